The Bertz CT molecular complexity index is 552. The third kappa shape index (κ3) is 4.49. The zero-order valence-electron chi connectivity index (χ0n) is 11.2. The average Bonchev–Trinajstić information content (AvgIpc) is 2.73. The molecule has 0 unspecified atom stereocenters. The number of halogens is 1. The van der Waals surface area contributed by atoms with Crippen molar-refractivity contribution in [3.05, 3.63) is 39.9 Å². The number of nitrogens with zero attached hydrogens (tertiary/aromatic N) is 1. The molecule has 0 aliphatic carbocycles. The lowest BCUT2D eigenvalue weighted by atomic mass is 10.2. The van der Waals surface area contributed by atoms with Crippen LogP contribution >= 0.6 is 34.7 Å². The van der Waals surface area contributed by atoms with Gasteiger partial charge in [0.05, 0.1) is 0 Å². The minimum atomic E-state index is 0.461. The van der Waals surface area contributed by atoms with Crippen LogP contribution < -0.4 is 5.32 Å². The highest BCUT2D eigenvalue weighted by atomic mass is 35.5. The van der Waals surface area contributed by atoms with Gasteiger partial charge in [-0.25, -0.2) is 4.98 Å². The number of thiazole rings is 1. The number of rotatable bonds is 5. The average molecular weight is 313 g/mol. The molecule has 1 aromatic heterocycles. The zero-order chi connectivity index (χ0) is 13.8. The first-order valence-electron chi connectivity index (χ1n) is 6.16. The Morgan fingerprint density at radius 2 is 2.21 bits per heavy atom. The highest BCUT2D eigenvalue weighted by molar-refractivity contribution is 8.01. The summed E-state index contributed by atoms with van der Waals surface area (Å²) in [6, 6.07) is 6.66. The van der Waals surface area contributed by atoms with E-state index in [1.54, 1.807) is 23.1 Å². The van der Waals surface area contributed by atoms with Crippen LogP contribution in [0.25, 0.3) is 0 Å². The minimum Gasteiger partial charge on any atom is -0.310 e. The van der Waals surface area contributed by atoms with E-state index in [1.165, 1.54) is 0 Å². The van der Waals surface area contributed by atoms with Crippen molar-refractivity contribution in [1.82, 2.24) is 10.3 Å². The second-order valence-corrected chi connectivity index (χ2v) is 7.23. The SMILES string of the molecule is Cc1csc(Sc2ccc(CNC(C)C)c(Cl)c2)n1. The molecule has 1 heterocycles. The molecule has 0 radical (unpaired) electrons. The largest absolute Gasteiger partial charge is 0.310 e. The molecule has 19 heavy (non-hydrogen) atoms. The Kier molecular flexibility index (Phi) is 5.28. The van der Waals surface area contributed by atoms with Gasteiger partial charge in [-0.15, -0.1) is 11.3 Å². The quantitative estimate of drug-likeness (QED) is 0.862. The van der Waals surface area contributed by atoms with Gasteiger partial charge in [0.15, 0.2) is 4.34 Å². The number of benzene rings is 1. The number of aromatic nitrogens is 1. The van der Waals surface area contributed by atoms with E-state index in [2.05, 4.69) is 41.7 Å². The van der Waals surface area contributed by atoms with Gasteiger partial charge >= 0.3 is 0 Å². The predicted octanol–water partition coefficient (Wildman–Crippen LogP) is 4.75. The van der Waals surface area contributed by atoms with E-state index in [-0.39, 0.29) is 0 Å². The van der Waals surface area contributed by atoms with Crippen LogP contribution in [0.4, 0.5) is 0 Å². The van der Waals surface area contributed by atoms with E-state index in [0.717, 1.165) is 32.1 Å². The smallest absolute Gasteiger partial charge is 0.154 e. The standard InChI is InChI=1S/C14H17ClN2S2/c1-9(2)16-7-11-4-5-12(6-13(11)15)19-14-17-10(3)8-18-14/h4-6,8-9,16H,7H2,1-3H3. The summed E-state index contributed by atoms with van der Waals surface area (Å²) in [5.74, 6) is 0. The summed E-state index contributed by atoms with van der Waals surface area (Å²) in [5, 5.41) is 6.25. The molecule has 0 aliphatic rings. The summed E-state index contributed by atoms with van der Waals surface area (Å²) in [7, 11) is 0. The minimum absolute atomic E-state index is 0.461. The summed E-state index contributed by atoms with van der Waals surface area (Å²) in [5.41, 5.74) is 2.20. The predicted molar refractivity (Wildman–Crippen MR) is 84.4 cm³/mol. The molecule has 0 atom stereocenters. The molecule has 1 N–H and O–H groups in total. The second kappa shape index (κ2) is 6.75. The topological polar surface area (TPSA) is 24.9 Å². The molecular formula is C14H17ClN2S2. The molecule has 0 spiro atoms. The van der Waals surface area contributed by atoms with Crippen molar-refractivity contribution in [2.45, 2.75) is 42.6 Å². The molecule has 0 aliphatic heterocycles. The van der Waals surface area contributed by atoms with Crippen molar-refractivity contribution in [3.8, 4) is 0 Å². The Hall–Kier alpha value is -0.550. The van der Waals surface area contributed by atoms with Gasteiger partial charge in [-0.3, -0.25) is 0 Å². The molecule has 0 amide bonds. The van der Waals surface area contributed by atoms with Crippen LogP contribution in [-0.4, -0.2) is 11.0 Å². The third-order valence-corrected chi connectivity index (χ3v) is 4.93. The zero-order valence-corrected chi connectivity index (χ0v) is 13.6. The molecule has 0 bridgehead atoms. The molecule has 0 fully saturated rings. The van der Waals surface area contributed by atoms with Crippen molar-refractivity contribution in [3.63, 3.8) is 0 Å². The molecule has 2 rings (SSSR count). The van der Waals surface area contributed by atoms with Gasteiger partial charge in [0, 0.05) is 33.6 Å². The maximum absolute atomic E-state index is 6.31. The Morgan fingerprint density at radius 1 is 1.42 bits per heavy atom. The Balaban J connectivity index is 2.06. The molecule has 102 valence electrons. The monoisotopic (exact) mass is 312 g/mol. The molecule has 5 heteroatoms. The first kappa shape index (κ1) is 14.9. The normalized spacial score (nSPS) is 11.2. The lowest BCUT2D eigenvalue weighted by Gasteiger charge is -2.10. The van der Waals surface area contributed by atoms with Gasteiger partial charge in [-0.1, -0.05) is 43.3 Å². The van der Waals surface area contributed by atoms with Gasteiger partial charge in [0.1, 0.15) is 0 Å². The summed E-state index contributed by atoms with van der Waals surface area (Å²) in [6.07, 6.45) is 0. The van der Waals surface area contributed by atoms with Crippen molar-refractivity contribution < 1.29 is 0 Å². The fourth-order valence-electron chi connectivity index (χ4n) is 1.53. The van der Waals surface area contributed by atoms with Crippen LogP contribution in [0, 0.1) is 6.92 Å². The van der Waals surface area contributed by atoms with E-state index in [1.807, 2.05) is 13.0 Å². The lowest BCUT2D eigenvalue weighted by molar-refractivity contribution is 0.589. The van der Waals surface area contributed by atoms with Crippen LogP contribution in [0.1, 0.15) is 25.1 Å². The second-order valence-electron chi connectivity index (χ2n) is 4.65. The fraction of sp³-hybridized carbons (Fsp3) is 0.357. The van der Waals surface area contributed by atoms with Gasteiger partial charge in [-0.2, -0.15) is 0 Å². The summed E-state index contributed by atoms with van der Waals surface area (Å²) >= 11 is 9.64. The third-order valence-electron chi connectivity index (χ3n) is 2.53. The summed E-state index contributed by atoms with van der Waals surface area (Å²) in [6.45, 7) is 7.07. The van der Waals surface area contributed by atoms with E-state index >= 15 is 0 Å². The number of nitrogens with one attached hydrogen (secondary N) is 1. The summed E-state index contributed by atoms with van der Waals surface area (Å²) < 4.78 is 1.06. The Morgan fingerprint density at radius 3 is 2.79 bits per heavy atom. The van der Waals surface area contributed by atoms with Crippen molar-refractivity contribution in [2.75, 3.05) is 0 Å². The maximum Gasteiger partial charge on any atom is 0.154 e. The molecular weight excluding hydrogens is 296 g/mol. The van der Waals surface area contributed by atoms with Crippen LogP contribution in [0.2, 0.25) is 5.02 Å². The first-order chi connectivity index (χ1) is 9.04. The Labute approximate surface area is 127 Å². The van der Waals surface area contributed by atoms with E-state index < -0.39 is 0 Å². The lowest BCUT2D eigenvalue weighted by Crippen LogP contribution is -2.21. The van der Waals surface area contributed by atoms with E-state index in [4.69, 9.17) is 11.6 Å². The van der Waals surface area contributed by atoms with E-state index in [9.17, 15) is 0 Å². The van der Waals surface area contributed by atoms with Crippen LogP contribution in [0.15, 0.2) is 32.8 Å². The van der Waals surface area contributed by atoms with Gasteiger partial charge in [0.2, 0.25) is 0 Å². The number of aryl methyl sites for hydroxylation is 1. The van der Waals surface area contributed by atoms with Gasteiger partial charge in [0.25, 0.3) is 0 Å². The van der Waals surface area contributed by atoms with Crippen molar-refractivity contribution >= 4 is 34.7 Å². The van der Waals surface area contributed by atoms with Crippen molar-refractivity contribution in [2.24, 2.45) is 0 Å². The van der Waals surface area contributed by atoms with Crippen LogP contribution in [0.5, 0.6) is 0 Å². The maximum atomic E-state index is 6.31. The highest BCUT2D eigenvalue weighted by Crippen LogP contribution is 2.32. The molecule has 2 nitrogen and oxygen atoms in total. The van der Waals surface area contributed by atoms with E-state index in [0.29, 0.717) is 6.04 Å². The molecule has 0 saturated heterocycles. The molecule has 0 saturated carbocycles. The van der Waals surface area contributed by atoms with Gasteiger partial charge in [-0.05, 0) is 24.6 Å². The highest BCUT2D eigenvalue weighted by Gasteiger charge is 2.06. The number of hydrogen-bond acceptors (Lipinski definition) is 4. The first-order valence-corrected chi connectivity index (χ1v) is 8.24. The molecule has 1 aromatic carbocycles. The summed E-state index contributed by atoms with van der Waals surface area (Å²) in [4.78, 5) is 5.58. The van der Waals surface area contributed by atoms with Crippen LogP contribution in [-0.2, 0) is 6.54 Å². The fourth-order valence-corrected chi connectivity index (χ4v) is 3.69. The molecule has 2 aromatic rings. The van der Waals surface area contributed by atoms with Gasteiger partial charge < -0.3 is 5.32 Å². The number of hydrogen-bond donors (Lipinski definition) is 1. The van der Waals surface area contributed by atoms with Crippen molar-refractivity contribution in [1.29, 1.82) is 0 Å². The van der Waals surface area contributed by atoms with Crippen LogP contribution in [0.3, 0.4) is 0 Å².